The number of hydrogen-bond acceptors (Lipinski definition) is 6. The van der Waals surface area contributed by atoms with Crippen LogP contribution in [0.25, 0.3) is 0 Å². The quantitative estimate of drug-likeness (QED) is 0.284. The minimum Gasteiger partial charge on any atom is -0.363 e. The number of piperazine rings is 1. The lowest BCUT2D eigenvalue weighted by Crippen LogP contribution is -2.51. The van der Waals surface area contributed by atoms with Gasteiger partial charge in [0.05, 0.1) is 24.2 Å². The van der Waals surface area contributed by atoms with Gasteiger partial charge in [0.15, 0.2) is 0 Å². The molecular weight excluding hydrogens is 607 g/mol. The number of anilines is 1. The lowest BCUT2D eigenvalue weighted by atomic mass is 10.1. The molecule has 1 aromatic heterocycles. The summed E-state index contributed by atoms with van der Waals surface area (Å²) in [5, 5.41) is 9.16. The van der Waals surface area contributed by atoms with E-state index in [-0.39, 0.29) is 43.1 Å². The number of aromatic nitrogens is 2. The number of halogens is 5. The molecule has 0 unspecified atom stereocenters. The first kappa shape index (κ1) is 32.6. The van der Waals surface area contributed by atoms with Gasteiger partial charge < -0.3 is 10.6 Å². The highest BCUT2D eigenvalue weighted by Crippen LogP contribution is 2.33. The van der Waals surface area contributed by atoms with Gasteiger partial charge in [-0.25, -0.2) is 13.6 Å². The molecule has 2 heterocycles. The first-order chi connectivity index (χ1) is 21.9. The van der Waals surface area contributed by atoms with Crippen LogP contribution in [0.3, 0.4) is 0 Å². The summed E-state index contributed by atoms with van der Waals surface area (Å²) in [5.41, 5.74) is 3.93. The fourth-order valence-electron chi connectivity index (χ4n) is 5.80. The Morgan fingerprint density at radius 2 is 1.57 bits per heavy atom. The van der Waals surface area contributed by atoms with E-state index in [1.165, 1.54) is 13.0 Å². The van der Waals surface area contributed by atoms with Gasteiger partial charge in [0, 0.05) is 55.6 Å². The topological polar surface area (TPSA) is 100 Å². The van der Waals surface area contributed by atoms with Gasteiger partial charge in [0.2, 0.25) is 0 Å². The average molecular weight is 639 g/mol. The second-order valence-corrected chi connectivity index (χ2v) is 11.2. The molecular formula is C33H31F5N6O2. The normalized spacial score (nSPS) is 14.7. The third-order valence-corrected chi connectivity index (χ3v) is 8.29. The van der Waals surface area contributed by atoms with Crippen molar-refractivity contribution < 1.29 is 22.0 Å². The highest BCUT2D eigenvalue weighted by molar-refractivity contribution is 5.50. The van der Waals surface area contributed by atoms with Crippen molar-refractivity contribution in [2.45, 2.75) is 38.8 Å². The maximum absolute atomic E-state index is 14.9. The van der Waals surface area contributed by atoms with E-state index < -0.39 is 52.8 Å². The average Bonchev–Trinajstić information content (AvgIpc) is 3.03. The molecule has 2 N–H and O–H groups in total. The molecule has 0 aliphatic carbocycles. The molecule has 3 aromatic carbocycles. The zero-order valence-corrected chi connectivity index (χ0v) is 24.9. The Morgan fingerprint density at radius 1 is 0.891 bits per heavy atom. The Balaban J connectivity index is 1.53. The zero-order chi connectivity index (χ0) is 33.2. The predicted octanol–water partition coefficient (Wildman–Crippen LogP) is 4.56. The lowest BCUT2D eigenvalue weighted by molar-refractivity contribution is -0.138. The van der Waals surface area contributed by atoms with Gasteiger partial charge in [-0.1, -0.05) is 48.5 Å². The van der Waals surface area contributed by atoms with Crippen molar-refractivity contribution in [3.8, 4) is 6.07 Å². The Kier molecular flexibility index (Phi) is 9.41. The SMILES string of the molecule is Cc1c(N2CCN(Cc3cccc(C#N)c3F)CC2)c(=O)n(C[C@H](N)c2ccccc2)c(=O)n1Cc1c(F)cccc1C(F)(F)F. The molecule has 8 nitrogen and oxygen atoms in total. The highest BCUT2D eigenvalue weighted by Gasteiger charge is 2.35. The van der Waals surface area contributed by atoms with Crippen molar-refractivity contribution in [1.29, 1.82) is 5.26 Å². The molecule has 0 spiro atoms. The Bertz CT molecular complexity index is 1890. The van der Waals surface area contributed by atoms with Crippen molar-refractivity contribution >= 4 is 5.69 Å². The van der Waals surface area contributed by atoms with Crippen LogP contribution in [0.1, 0.15) is 39.6 Å². The summed E-state index contributed by atoms with van der Waals surface area (Å²) in [7, 11) is 0. The van der Waals surface area contributed by atoms with Crippen LogP contribution in [-0.2, 0) is 25.8 Å². The van der Waals surface area contributed by atoms with Crippen LogP contribution < -0.4 is 21.9 Å². The Labute approximate surface area is 261 Å². The van der Waals surface area contributed by atoms with Crippen molar-refractivity contribution in [3.63, 3.8) is 0 Å². The number of benzene rings is 3. The molecule has 240 valence electrons. The molecule has 1 fully saturated rings. The van der Waals surface area contributed by atoms with Crippen LogP contribution in [0, 0.1) is 29.9 Å². The fourth-order valence-corrected chi connectivity index (χ4v) is 5.80. The maximum atomic E-state index is 14.9. The lowest BCUT2D eigenvalue weighted by Gasteiger charge is -2.37. The molecule has 4 aromatic rings. The van der Waals surface area contributed by atoms with Gasteiger partial charge in [0.25, 0.3) is 5.56 Å². The van der Waals surface area contributed by atoms with Crippen molar-refractivity contribution in [1.82, 2.24) is 14.0 Å². The van der Waals surface area contributed by atoms with E-state index in [9.17, 15) is 31.5 Å². The van der Waals surface area contributed by atoms with Crippen molar-refractivity contribution in [2.75, 3.05) is 31.1 Å². The largest absolute Gasteiger partial charge is 0.416 e. The number of hydrogen-bond donors (Lipinski definition) is 1. The minimum absolute atomic E-state index is 0.0631. The van der Waals surface area contributed by atoms with Gasteiger partial charge in [-0.3, -0.25) is 18.8 Å². The molecule has 1 saturated heterocycles. The highest BCUT2D eigenvalue weighted by atomic mass is 19.4. The predicted molar refractivity (Wildman–Crippen MR) is 162 cm³/mol. The van der Waals surface area contributed by atoms with Gasteiger partial charge in [-0.2, -0.15) is 18.4 Å². The number of nitrogens with zero attached hydrogens (tertiary/aromatic N) is 5. The van der Waals surface area contributed by atoms with Gasteiger partial charge >= 0.3 is 11.9 Å². The van der Waals surface area contributed by atoms with Crippen LogP contribution in [-0.4, -0.2) is 40.2 Å². The second-order valence-electron chi connectivity index (χ2n) is 11.2. The summed E-state index contributed by atoms with van der Waals surface area (Å²) in [6.07, 6.45) is -4.88. The second kappa shape index (κ2) is 13.3. The van der Waals surface area contributed by atoms with Gasteiger partial charge in [0.1, 0.15) is 23.4 Å². The van der Waals surface area contributed by atoms with E-state index in [4.69, 9.17) is 11.0 Å². The fraction of sp³-hybridized carbons (Fsp3) is 0.303. The molecule has 13 heteroatoms. The monoisotopic (exact) mass is 638 g/mol. The van der Waals surface area contributed by atoms with E-state index in [1.807, 2.05) is 11.0 Å². The van der Waals surface area contributed by atoms with Gasteiger partial charge in [-0.15, -0.1) is 0 Å². The van der Waals surface area contributed by atoms with E-state index in [1.54, 1.807) is 47.4 Å². The first-order valence-electron chi connectivity index (χ1n) is 14.5. The van der Waals surface area contributed by atoms with E-state index in [0.29, 0.717) is 24.2 Å². The van der Waals surface area contributed by atoms with E-state index in [0.717, 1.165) is 27.3 Å². The summed E-state index contributed by atoms with van der Waals surface area (Å²) in [6.45, 7) is 1.92. The molecule has 0 saturated carbocycles. The van der Waals surface area contributed by atoms with Crippen LogP contribution in [0.15, 0.2) is 76.3 Å². The van der Waals surface area contributed by atoms with Crippen LogP contribution in [0.2, 0.25) is 0 Å². The summed E-state index contributed by atoms with van der Waals surface area (Å²) < 4.78 is 73.2. The maximum Gasteiger partial charge on any atom is 0.416 e. The Morgan fingerprint density at radius 3 is 2.22 bits per heavy atom. The molecule has 0 bridgehead atoms. The molecule has 1 atom stereocenters. The standard InChI is InChI=1S/C33H31F5N6O2/c1-21-30(42-15-13-41(14-16-42)18-24-10-5-9-23(17-39)29(24)35)31(45)44(20-28(40)22-7-3-2-4-8-22)32(46)43(21)19-25-26(33(36,37)38)11-6-12-27(25)34/h2-12,28H,13-16,18-20,40H2,1H3/t28-/m0/s1. The molecule has 1 aliphatic heterocycles. The minimum atomic E-state index is -4.88. The number of rotatable bonds is 8. The molecule has 0 amide bonds. The third-order valence-electron chi connectivity index (χ3n) is 8.29. The Hall–Kier alpha value is -4.80. The summed E-state index contributed by atoms with van der Waals surface area (Å²) in [4.78, 5) is 31.4. The number of alkyl halides is 3. The molecule has 1 aliphatic rings. The van der Waals surface area contributed by atoms with E-state index in [2.05, 4.69) is 0 Å². The van der Waals surface area contributed by atoms with Crippen LogP contribution in [0.4, 0.5) is 27.6 Å². The number of nitriles is 1. The summed E-state index contributed by atoms with van der Waals surface area (Å²) in [5.74, 6) is -1.73. The first-order valence-corrected chi connectivity index (χ1v) is 14.5. The number of nitrogens with two attached hydrogens (primary N) is 1. The van der Waals surface area contributed by atoms with Crippen molar-refractivity contribution in [3.05, 3.63) is 133 Å². The van der Waals surface area contributed by atoms with Crippen LogP contribution in [0.5, 0.6) is 0 Å². The van der Waals surface area contributed by atoms with Crippen molar-refractivity contribution in [2.24, 2.45) is 5.73 Å². The van der Waals surface area contributed by atoms with Crippen LogP contribution >= 0.6 is 0 Å². The van der Waals surface area contributed by atoms with Gasteiger partial charge in [-0.05, 0) is 30.7 Å². The molecule has 46 heavy (non-hydrogen) atoms. The molecule has 0 radical (unpaired) electrons. The van der Waals surface area contributed by atoms with E-state index >= 15 is 0 Å². The smallest absolute Gasteiger partial charge is 0.363 e. The molecule has 5 rings (SSSR count). The summed E-state index contributed by atoms with van der Waals surface area (Å²) >= 11 is 0. The third kappa shape index (κ3) is 6.59. The summed E-state index contributed by atoms with van der Waals surface area (Å²) in [6, 6.07) is 16.9. The zero-order valence-electron chi connectivity index (χ0n) is 24.9.